The number of nitriles is 1. The molecule has 2 heterocycles. The molecule has 2 aromatic heterocycles. The Hall–Kier alpha value is -4.31. The minimum atomic E-state index is -1.85. The molecule has 232 valence electrons. The van der Waals surface area contributed by atoms with Gasteiger partial charge >= 0.3 is 5.97 Å². The lowest BCUT2D eigenvalue weighted by atomic mass is 9.82. The maximum atomic E-state index is 15.2. The van der Waals surface area contributed by atoms with Crippen molar-refractivity contribution in [2.45, 2.75) is 52.3 Å². The summed E-state index contributed by atoms with van der Waals surface area (Å²) in [6.07, 6.45) is 3.30. The van der Waals surface area contributed by atoms with E-state index in [1.165, 1.54) is 29.0 Å². The van der Waals surface area contributed by atoms with Crippen LogP contribution in [0.25, 0.3) is 11.3 Å². The maximum Gasteiger partial charge on any atom is 0.308 e. The molecule has 0 aliphatic rings. The number of aliphatic hydroxyl groups is 1. The number of hydrogen-bond donors (Lipinski definition) is 1. The van der Waals surface area contributed by atoms with Gasteiger partial charge in [-0.2, -0.15) is 5.26 Å². The van der Waals surface area contributed by atoms with E-state index < -0.39 is 23.2 Å². The molecule has 3 aromatic carbocycles. The number of rotatable bonds is 9. The number of benzene rings is 3. The van der Waals surface area contributed by atoms with Gasteiger partial charge in [-0.05, 0) is 60.9 Å². The van der Waals surface area contributed by atoms with Crippen molar-refractivity contribution in [3.63, 3.8) is 0 Å². The fourth-order valence-electron chi connectivity index (χ4n) is 5.26. The Labute approximate surface area is 274 Å². The summed E-state index contributed by atoms with van der Waals surface area (Å²) in [5, 5.41) is 28.1. The summed E-state index contributed by atoms with van der Waals surface area (Å²) in [5.74, 6) is -2.19. The molecule has 2 atom stereocenters. The first kappa shape index (κ1) is 33.6. The van der Waals surface area contributed by atoms with Crippen molar-refractivity contribution < 1.29 is 45.0 Å². The van der Waals surface area contributed by atoms with E-state index in [4.69, 9.17) is 15.0 Å². The zero-order valence-electron chi connectivity index (χ0n) is 25.0. The summed E-state index contributed by atoms with van der Waals surface area (Å²) >= 11 is 1.32. The predicted molar refractivity (Wildman–Crippen MR) is 160 cm³/mol. The molecule has 0 fully saturated rings. The molecule has 0 aliphatic carbocycles. The molecule has 0 amide bonds. The van der Waals surface area contributed by atoms with Crippen molar-refractivity contribution in [1.82, 2.24) is 14.8 Å². The standard InChI is InChI=1S/C33H30F2N5O3S.BrH/c1-20-11-25(12-21(2)31(20)43-23(4)41)15-39-18-37-40(19-39)17-33(42,28-10-9-27(34)13-29(28)35)22(3)32-38-30(16-44-32)26-7-5-24(14-36)6-8-26;/h5-13,16,18-19,22,42H,15,17H2,1-4H3;1H/q+1;/p-1. The third-order valence-corrected chi connectivity index (χ3v) is 8.51. The van der Waals surface area contributed by atoms with E-state index in [-0.39, 0.29) is 35.1 Å². The molecule has 1 N–H and O–H groups in total. The summed E-state index contributed by atoms with van der Waals surface area (Å²) in [6, 6.07) is 16.1. The Bertz CT molecular complexity index is 1860. The van der Waals surface area contributed by atoms with Gasteiger partial charge in [0.05, 0.1) is 28.9 Å². The maximum absolute atomic E-state index is 15.2. The first-order valence-corrected chi connectivity index (χ1v) is 14.7. The van der Waals surface area contributed by atoms with E-state index >= 15 is 4.39 Å². The third-order valence-electron chi connectivity index (χ3n) is 7.48. The summed E-state index contributed by atoms with van der Waals surface area (Å²) < 4.78 is 37.8. The lowest BCUT2D eigenvalue weighted by Crippen LogP contribution is -3.00. The molecular formula is C33H30BrF2N5O3S. The average molecular weight is 695 g/mol. The number of nitrogens with zero attached hydrogens (tertiary/aromatic N) is 5. The highest BCUT2D eigenvalue weighted by atomic mass is 79.9. The number of carbonyl (C=O) groups excluding carboxylic acids is 1. The van der Waals surface area contributed by atoms with Crippen LogP contribution in [0.1, 0.15) is 52.6 Å². The SMILES string of the molecule is CC(=O)Oc1c(C)cc(C[n+]2cnn(CC(O)(c3ccc(F)cc3F)C(C)c3nc(-c4ccc(C#N)cc4)cs3)c2)cc1C.[Br-]. The topological polar surface area (TPSA) is 105 Å². The second-order valence-corrected chi connectivity index (χ2v) is 11.7. The van der Waals surface area contributed by atoms with Gasteiger partial charge in [0.15, 0.2) is 0 Å². The highest BCUT2D eigenvalue weighted by Gasteiger charge is 2.43. The van der Waals surface area contributed by atoms with E-state index in [9.17, 15) is 14.3 Å². The van der Waals surface area contributed by atoms with Crippen LogP contribution < -0.4 is 26.3 Å². The van der Waals surface area contributed by atoms with Crippen LogP contribution in [-0.4, -0.2) is 25.8 Å². The predicted octanol–water partition coefficient (Wildman–Crippen LogP) is 2.73. The Morgan fingerprint density at radius 2 is 1.84 bits per heavy atom. The minimum absolute atomic E-state index is 0. The lowest BCUT2D eigenvalue weighted by Gasteiger charge is -2.32. The molecule has 2 unspecified atom stereocenters. The molecule has 5 aromatic rings. The molecule has 12 heteroatoms. The van der Waals surface area contributed by atoms with Gasteiger partial charge in [-0.1, -0.05) is 25.1 Å². The van der Waals surface area contributed by atoms with Gasteiger partial charge in [0, 0.05) is 40.5 Å². The van der Waals surface area contributed by atoms with Gasteiger partial charge in [-0.3, -0.25) is 4.79 Å². The summed E-state index contributed by atoms with van der Waals surface area (Å²) in [6.45, 7) is 7.15. The summed E-state index contributed by atoms with van der Waals surface area (Å²) in [7, 11) is 0. The average Bonchev–Trinajstić information content (AvgIpc) is 3.64. The number of thiazole rings is 1. The van der Waals surface area contributed by atoms with Crippen LogP contribution in [-0.2, 0) is 23.5 Å². The first-order valence-electron chi connectivity index (χ1n) is 13.8. The third kappa shape index (κ3) is 7.33. The van der Waals surface area contributed by atoms with Crippen LogP contribution in [0.4, 0.5) is 8.78 Å². The second-order valence-electron chi connectivity index (χ2n) is 10.8. The Morgan fingerprint density at radius 1 is 1.16 bits per heavy atom. The Morgan fingerprint density at radius 3 is 2.47 bits per heavy atom. The van der Waals surface area contributed by atoms with E-state index in [1.54, 1.807) is 43.8 Å². The number of halogens is 3. The van der Waals surface area contributed by atoms with Crippen molar-refractivity contribution >= 4 is 17.3 Å². The zero-order chi connectivity index (χ0) is 31.6. The van der Waals surface area contributed by atoms with Gasteiger partial charge in [0.1, 0.15) is 29.5 Å². The van der Waals surface area contributed by atoms with Gasteiger partial charge in [-0.15, -0.1) is 16.0 Å². The number of aryl methyl sites for hydroxylation is 2. The summed E-state index contributed by atoms with van der Waals surface area (Å²) in [5.41, 5.74) is 2.66. The van der Waals surface area contributed by atoms with Crippen LogP contribution in [0.15, 0.2) is 72.6 Å². The normalized spacial score (nSPS) is 12.9. The molecule has 0 spiro atoms. The van der Waals surface area contributed by atoms with Crippen molar-refractivity contribution in [3.8, 4) is 23.1 Å². The van der Waals surface area contributed by atoms with E-state index in [2.05, 4.69) is 11.2 Å². The van der Waals surface area contributed by atoms with Crippen molar-refractivity contribution in [1.29, 1.82) is 5.26 Å². The fourth-order valence-corrected chi connectivity index (χ4v) is 6.23. The van der Waals surface area contributed by atoms with Crippen LogP contribution in [0.2, 0.25) is 0 Å². The quantitative estimate of drug-likeness (QED) is 0.145. The molecule has 5 rings (SSSR count). The largest absolute Gasteiger partial charge is 1.00 e. The molecule has 0 aliphatic heterocycles. The van der Waals surface area contributed by atoms with Gasteiger partial charge in [0.2, 0.25) is 6.33 Å². The fraction of sp³-hybridized carbons (Fsp3) is 0.242. The van der Waals surface area contributed by atoms with Gasteiger partial charge < -0.3 is 26.8 Å². The monoisotopic (exact) mass is 693 g/mol. The van der Waals surface area contributed by atoms with E-state index in [1.807, 2.05) is 35.9 Å². The highest BCUT2D eigenvalue weighted by Crippen LogP contribution is 2.41. The Balaban J connectivity index is 0.00000461. The van der Waals surface area contributed by atoms with Gasteiger partial charge in [0.25, 0.3) is 6.33 Å². The van der Waals surface area contributed by atoms with E-state index in [0.717, 1.165) is 34.4 Å². The number of hydrogen-bond acceptors (Lipinski definition) is 7. The first-order chi connectivity index (χ1) is 21.0. The number of aromatic nitrogens is 4. The van der Waals surface area contributed by atoms with Crippen molar-refractivity contribution in [2.75, 3.05) is 0 Å². The highest BCUT2D eigenvalue weighted by molar-refractivity contribution is 7.10. The van der Waals surface area contributed by atoms with Crippen molar-refractivity contribution in [3.05, 3.63) is 117 Å². The van der Waals surface area contributed by atoms with Gasteiger partial charge in [-0.25, -0.2) is 18.3 Å². The molecule has 0 saturated carbocycles. The minimum Gasteiger partial charge on any atom is -1.00 e. The van der Waals surface area contributed by atoms with E-state index in [0.29, 0.717) is 28.6 Å². The summed E-state index contributed by atoms with van der Waals surface area (Å²) in [4.78, 5) is 16.2. The molecular weight excluding hydrogens is 664 g/mol. The number of ether oxygens (including phenoxy) is 1. The molecule has 0 bridgehead atoms. The molecule has 0 saturated heterocycles. The van der Waals surface area contributed by atoms with Crippen molar-refractivity contribution in [2.24, 2.45) is 0 Å². The smallest absolute Gasteiger partial charge is 0.308 e. The van der Waals surface area contributed by atoms with Crippen LogP contribution in [0.3, 0.4) is 0 Å². The number of esters is 1. The molecule has 0 radical (unpaired) electrons. The second kappa shape index (κ2) is 13.8. The number of carbonyl (C=O) groups is 1. The van der Waals surface area contributed by atoms with Crippen LogP contribution >= 0.6 is 11.3 Å². The lowest BCUT2D eigenvalue weighted by molar-refractivity contribution is -0.689. The van der Waals surface area contributed by atoms with Crippen LogP contribution in [0.5, 0.6) is 5.75 Å². The Kier molecular flexibility index (Phi) is 10.3. The zero-order valence-corrected chi connectivity index (χ0v) is 27.4. The molecule has 8 nitrogen and oxygen atoms in total. The molecule has 45 heavy (non-hydrogen) atoms. The van der Waals surface area contributed by atoms with Crippen LogP contribution in [0, 0.1) is 36.8 Å².